The Labute approximate surface area is 181 Å². The minimum absolute atomic E-state index is 0.0953. The van der Waals surface area contributed by atoms with Crippen molar-refractivity contribution in [3.05, 3.63) is 70.7 Å². The van der Waals surface area contributed by atoms with Crippen LogP contribution in [0.3, 0.4) is 0 Å². The zero-order valence-corrected chi connectivity index (χ0v) is 18.6. The minimum Gasteiger partial charge on any atom is -0.336 e. The zero-order valence-electron chi connectivity index (χ0n) is 17.7. The van der Waals surface area contributed by atoms with Gasteiger partial charge in [-0.3, -0.25) is 10.1 Å². The smallest absolute Gasteiger partial charge is 0.274 e. The highest BCUT2D eigenvalue weighted by molar-refractivity contribution is 7.14. The van der Waals surface area contributed by atoms with Crippen LogP contribution >= 0.6 is 11.3 Å². The number of amides is 1. The number of thiazole rings is 1. The number of carbonyl (C=O) groups excluding carboxylic acids is 1. The van der Waals surface area contributed by atoms with Crippen LogP contribution in [0.15, 0.2) is 53.9 Å². The molecule has 4 aromatic rings. The topological polar surface area (TPSA) is 46.9 Å². The number of benzene rings is 2. The molecule has 0 saturated carbocycles. The van der Waals surface area contributed by atoms with Crippen molar-refractivity contribution in [3.8, 4) is 11.3 Å². The number of anilines is 1. The molecule has 0 aliphatic carbocycles. The SMILES string of the molecule is CCCCn1c(C(=O)Nc2nc(-c3ccc(CC)cc3)cs2)c(C)c2ccccc21. The standard InChI is InChI=1S/C25H27N3OS/c1-4-6-15-28-22-10-8-7-9-20(22)17(3)23(28)24(29)27-25-26-21(16-30-25)19-13-11-18(5-2)12-14-19/h7-14,16H,4-6,15H2,1-3H3,(H,26,27,29). The Hall–Kier alpha value is -2.92. The summed E-state index contributed by atoms with van der Waals surface area (Å²) in [5.41, 5.74) is 6.13. The number of hydrogen-bond acceptors (Lipinski definition) is 3. The molecule has 2 aromatic heterocycles. The van der Waals surface area contributed by atoms with E-state index in [4.69, 9.17) is 0 Å². The zero-order chi connectivity index (χ0) is 21.1. The Morgan fingerprint density at radius 2 is 1.87 bits per heavy atom. The maximum atomic E-state index is 13.3. The number of nitrogens with one attached hydrogen (secondary N) is 1. The van der Waals surface area contributed by atoms with E-state index in [1.807, 2.05) is 24.4 Å². The lowest BCUT2D eigenvalue weighted by atomic mass is 10.1. The van der Waals surface area contributed by atoms with E-state index in [-0.39, 0.29) is 5.91 Å². The second-order valence-electron chi connectivity index (χ2n) is 7.54. The van der Waals surface area contributed by atoms with E-state index >= 15 is 0 Å². The Morgan fingerprint density at radius 3 is 2.60 bits per heavy atom. The molecular formula is C25H27N3OS. The van der Waals surface area contributed by atoms with Gasteiger partial charge in [0.15, 0.2) is 5.13 Å². The van der Waals surface area contributed by atoms with Gasteiger partial charge in [0, 0.05) is 28.4 Å². The lowest BCUT2D eigenvalue weighted by molar-refractivity contribution is 0.101. The number of carbonyl (C=O) groups is 1. The average molecular weight is 418 g/mol. The van der Waals surface area contributed by atoms with Gasteiger partial charge < -0.3 is 4.57 Å². The van der Waals surface area contributed by atoms with Gasteiger partial charge >= 0.3 is 0 Å². The summed E-state index contributed by atoms with van der Waals surface area (Å²) < 4.78 is 2.15. The molecule has 154 valence electrons. The summed E-state index contributed by atoms with van der Waals surface area (Å²) in [5, 5.41) is 6.79. The summed E-state index contributed by atoms with van der Waals surface area (Å²) in [4.78, 5) is 17.9. The van der Waals surface area contributed by atoms with Gasteiger partial charge in [-0.2, -0.15) is 0 Å². The van der Waals surface area contributed by atoms with Gasteiger partial charge in [0.1, 0.15) is 5.69 Å². The fourth-order valence-corrected chi connectivity index (χ4v) is 4.56. The third-order valence-electron chi connectivity index (χ3n) is 5.56. The molecule has 0 atom stereocenters. The maximum absolute atomic E-state index is 13.3. The van der Waals surface area contributed by atoms with E-state index in [1.54, 1.807) is 0 Å². The molecule has 0 saturated heterocycles. The average Bonchev–Trinajstić information content (AvgIpc) is 3.35. The van der Waals surface area contributed by atoms with Crippen LogP contribution in [-0.4, -0.2) is 15.5 Å². The number of hydrogen-bond donors (Lipinski definition) is 1. The van der Waals surface area contributed by atoms with Gasteiger partial charge in [-0.05, 0) is 37.0 Å². The lowest BCUT2D eigenvalue weighted by Gasteiger charge is -2.10. The predicted octanol–water partition coefficient (Wildman–Crippen LogP) is 6.69. The third-order valence-corrected chi connectivity index (χ3v) is 6.31. The van der Waals surface area contributed by atoms with Crippen molar-refractivity contribution in [2.75, 3.05) is 5.32 Å². The molecular weight excluding hydrogens is 390 g/mol. The Morgan fingerprint density at radius 1 is 1.10 bits per heavy atom. The summed E-state index contributed by atoms with van der Waals surface area (Å²) in [6.45, 7) is 7.18. The van der Waals surface area contributed by atoms with Crippen LogP contribution in [0.1, 0.15) is 48.3 Å². The van der Waals surface area contributed by atoms with Crippen molar-refractivity contribution >= 4 is 33.3 Å². The fourth-order valence-electron chi connectivity index (χ4n) is 3.85. The van der Waals surface area contributed by atoms with Gasteiger partial charge in [-0.15, -0.1) is 11.3 Å². The largest absolute Gasteiger partial charge is 0.336 e. The van der Waals surface area contributed by atoms with Gasteiger partial charge in [-0.25, -0.2) is 4.98 Å². The molecule has 4 rings (SSSR count). The molecule has 0 fully saturated rings. The van der Waals surface area contributed by atoms with Crippen molar-refractivity contribution in [1.82, 2.24) is 9.55 Å². The van der Waals surface area contributed by atoms with Gasteiger partial charge in [0.2, 0.25) is 0 Å². The van der Waals surface area contributed by atoms with Crippen molar-refractivity contribution in [2.24, 2.45) is 0 Å². The predicted molar refractivity (Wildman–Crippen MR) is 126 cm³/mol. The molecule has 0 radical (unpaired) electrons. The van der Waals surface area contributed by atoms with E-state index in [2.05, 4.69) is 65.1 Å². The molecule has 0 unspecified atom stereocenters. The summed E-state index contributed by atoms with van der Waals surface area (Å²) in [7, 11) is 0. The first-order chi connectivity index (χ1) is 14.6. The number of nitrogens with zero attached hydrogens (tertiary/aromatic N) is 2. The van der Waals surface area contributed by atoms with Crippen LogP contribution in [-0.2, 0) is 13.0 Å². The molecule has 30 heavy (non-hydrogen) atoms. The second-order valence-corrected chi connectivity index (χ2v) is 8.40. The fraction of sp³-hybridized carbons (Fsp3) is 0.280. The lowest BCUT2D eigenvalue weighted by Crippen LogP contribution is -2.18. The Bertz CT molecular complexity index is 1170. The molecule has 1 amide bonds. The van der Waals surface area contributed by atoms with Crippen LogP contribution in [0, 0.1) is 6.92 Å². The Kier molecular flexibility index (Phi) is 6.00. The van der Waals surface area contributed by atoms with E-state index in [0.717, 1.165) is 59.2 Å². The van der Waals surface area contributed by atoms with E-state index < -0.39 is 0 Å². The van der Waals surface area contributed by atoms with Crippen LogP contribution in [0.25, 0.3) is 22.2 Å². The number of aromatic nitrogens is 2. The molecule has 2 heterocycles. The highest BCUT2D eigenvalue weighted by atomic mass is 32.1. The van der Waals surface area contributed by atoms with Gasteiger partial charge in [0.25, 0.3) is 5.91 Å². The number of aryl methyl sites for hydroxylation is 3. The normalized spacial score (nSPS) is 11.2. The van der Waals surface area contributed by atoms with Crippen molar-refractivity contribution in [1.29, 1.82) is 0 Å². The third kappa shape index (κ3) is 3.90. The molecule has 5 heteroatoms. The van der Waals surface area contributed by atoms with Crippen LogP contribution in [0.4, 0.5) is 5.13 Å². The summed E-state index contributed by atoms with van der Waals surface area (Å²) in [5.74, 6) is -0.0953. The van der Waals surface area contributed by atoms with Gasteiger partial charge in [-0.1, -0.05) is 62.7 Å². The molecule has 0 aliphatic heterocycles. The van der Waals surface area contributed by atoms with E-state index in [0.29, 0.717) is 5.13 Å². The first kappa shape index (κ1) is 20.4. The van der Waals surface area contributed by atoms with Gasteiger partial charge in [0.05, 0.1) is 5.69 Å². The minimum atomic E-state index is -0.0953. The molecule has 1 N–H and O–H groups in total. The number of rotatable bonds is 7. The van der Waals surface area contributed by atoms with Crippen LogP contribution < -0.4 is 5.32 Å². The van der Waals surface area contributed by atoms with Crippen molar-refractivity contribution < 1.29 is 4.79 Å². The second kappa shape index (κ2) is 8.84. The number of para-hydroxylation sites is 1. The van der Waals surface area contributed by atoms with Crippen LogP contribution in [0.2, 0.25) is 0 Å². The monoisotopic (exact) mass is 417 g/mol. The summed E-state index contributed by atoms with van der Waals surface area (Å²) in [6, 6.07) is 16.7. The molecule has 0 spiro atoms. The van der Waals surface area contributed by atoms with Crippen molar-refractivity contribution in [3.63, 3.8) is 0 Å². The van der Waals surface area contributed by atoms with E-state index in [1.165, 1.54) is 16.9 Å². The first-order valence-electron chi connectivity index (χ1n) is 10.6. The Balaban J connectivity index is 1.62. The highest BCUT2D eigenvalue weighted by Crippen LogP contribution is 2.29. The first-order valence-corrected chi connectivity index (χ1v) is 11.4. The molecule has 0 aliphatic rings. The number of unbranched alkanes of at least 4 members (excludes halogenated alkanes) is 1. The summed E-state index contributed by atoms with van der Waals surface area (Å²) in [6.07, 6.45) is 3.14. The molecule has 0 bridgehead atoms. The van der Waals surface area contributed by atoms with Crippen LogP contribution in [0.5, 0.6) is 0 Å². The van der Waals surface area contributed by atoms with Crippen molar-refractivity contribution in [2.45, 2.75) is 46.6 Å². The quantitative estimate of drug-likeness (QED) is 0.364. The van der Waals surface area contributed by atoms with E-state index in [9.17, 15) is 4.79 Å². The molecule has 4 nitrogen and oxygen atoms in total. The molecule has 2 aromatic carbocycles. The highest BCUT2D eigenvalue weighted by Gasteiger charge is 2.21. The summed E-state index contributed by atoms with van der Waals surface area (Å²) >= 11 is 1.46. The number of fused-ring (bicyclic) bond motifs is 1. The maximum Gasteiger partial charge on any atom is 0.274 e.